The number of aromatic nitrogens is 2. The van der Waals surface area contributed by atoms with E-state index >= 15 is 0 Å². The minimum absolute atomic E-state index is 0.00596. The average Bonchev–Trinajstić information content (AvgIpc) is 2.55. The fourth-order valence-electron chi connectivity index (χ4n) is 1.97. The number of Topliss-reactive ketones (excluding diaryl/α,β-unsaturated/α-hetero) is 1. The second kappa shape index (κ2) is 7.00. The maximum Gasteiger partial charge on any atom is 0.273 e. The molecule has 6 heteroatoms. The number of ketones is 1. The number of carbonyl (C=O) groups excluding carboxylic acids is 2. The first-order chi connectivity index (χ1) is 10.9. The SMILES string of the molecule is CCC(C)NC(=O)c1nc(-c2ccc(C(C)=O)cc2)cnc1N. The molecule has 0 saturated heterocycles. The second-order valence-electron chi connectivity index (χ2n) is 5.41. The Hall–Kier alpha value is -2.76. The maximum atomic E-state index is 12.2. The van der Waals surface area contributed by atoms with Crippen LogP contribution in [0.4, 0.5) is 5.82 Å². The second-order valence-corrected chi connectivity index (χ2v) is 5.41. The summed E-state index contributed by atoms with van der Waals surface area (Å²) in [5.74, 6) is -0.255. The molecule has 0 spiro atoms. The third kappa shape index (κ3) is 3.91. The van der Waals surface area contributed by atoms with Crippen LogP contribution < -0.4 is 11.1 Å². The summed E-state index contributed by atoms with van der Waals surface area (Å²) in [6.45, 7) is 5.40. The first kappa shape index (κ1) is 16.6. The zero-order valence-electron chi connectivity index (χ0n) is 13.5. The molecule has 2 aromatic rings. The van der Waals surface area contributed by atoms with Crippen molar-refractivity contribution in [3.63, 3.8) is 0 Å². The number of anilines is 1. The molecule has 6 nitrogen and oxygen atoms in total. The van der Waals surface area contributed by atoms with Gasteiger partial charge in [0.15, 0.2) is 17.3 Å². The monoisotopic (exact) mass is 312 g/mol. The highest BCUT2D eigenvalue weighted by atomic mass is 16.2. The number of hydrogen-bond donors (Lipinski definition) is 2. The predicted molar refractivity (Wildman–Crippen MR) is 89.1 cm³/mol. The fraction of sp³-hybridized carbons (Fsp3) is 0.294. The molecule has 0 radical (unpaired) electrons. The average molecular weight is 312 g/mol. The van der Waals surface area contributed by atoms with E-state index in [-0.39, 0.29) is 29.2 Å². The summed E-state index contributed by atoms with van der Waals surface area (Å²) in [7, 11) is 0. The molecule has 1 atom stereocenters. The normalized spacial score (nSPS) is 11.8. The summed E-state index contributed by atoms with van der Waals surface area (Å²) >= 11 is 0. The van der Waals surface area contributed by atoms with Crippen LogP contribution in [0.25, 0.3) is 11.3 Å². The maximum absolute atomic E-state index is 12.2. The van der Waals surface area contributed by atoms with E-state index in [0.29, 0.717) is 11.3 Å². The first-order valence-electron chi connectivity index (χ1n) is 7.47. The number of hydrogen-bond acceptors (Lipinski definition) is 5. The third-order valence-electron chi connectivity index (χ3n) is 3.59. The van der Waals surface area contributed by atoms with Gasteiger partial charge in [-0.3, -0.25) is 9.59 Å². The lowest BCUT2D eigenvalue weighted by Gasteiger charge is -2.12. The molecule has 1 amide bonds. The van der Waals surface area contributed by atoms with Crippen LogP contribution in [0.5, 0.6) is 0 Å². The summed E-state index contributed by atoms with van der Waals surface area (Å²) in [6, 6.07) is 7.01. The fourth-order valence-corrected chi connectivity index (χ4v) is 1.97. The number of nitrogens with one attached hydrogen (secondary N) is 1. The van der Waals surface area contributed by atoms with Crippen molar-refractivity contribution < 1.29 is 9.59 Å². The lowest BCUT2D eigenvalue weighted by molar-refractivity contribution is 0.0934. The van der Waals surface area contributed by atoms with Gasteiger partial charge in [-0.2, -0.15) is 0 Å². The van der Waals surface area contributed by atoms with Crippen LogP contribution in [-0.4, -0.2) is 27.7 Å². The van der Waals surface area contributed by atoms with E-state index in [0.717, 1.165) is 12.0 Å². The van der Waals surface area contributed by atoms with E-state index in [1.807, 2.05) is 13.8 Å². The van der Waals surface area contributed by atoms with Crippen LogP contribution in [0.15, 0.2) is 30.5 Å². The number of benzene rings is 1. The Labute approximate surface area is 135 Å². The van der Waals surface area contributed by atoms with Crippen LogP contribution in [-0.2, 0) is 0 Å². The highest BCUT2D eigenvalue weighted by molar-refractivity contribution is 5.97. The summed E-state index contributed by atoms with van der Waals surface area (Å²) in [5.41, 5.74) is 7.79. The number of amides is 1. The van der Waals surface area contributed by atoms with Gasteiger partial charge in [-0.1, -0.05) is 31.2 Å². The van der Waals surface area contributed by atoms with Gasteiger partial charge in [-0.25, -0.2) is 9.97 Å². The molecule has 0 aliphatic carbocycles. The van der Waals surface area contributed by atoms with Crippen LogP contribution in [0.2, 0.25) is 0 Å². The predicted octanol–water partition coefficient (Wildman–Crippen LogP) is 2.46. The molecule has 1 heterocycles. The molecule has 1 aromatic heterocycles. The van der Waals surface area contributed by atoms with Gasteiger partial charge in [0.2, 0.25) is 0 Å². The highest BCUT2D eigenvalue weighted by Gasteiger charge is 2.16. The zero-order valence-corrected chi connectivity index (χ0v) is 13.5. The van der Waals surface area contributed by atoms with Crippen LogP contribution in [0.1, 0.15) is 48.0 Å². The van der Waals surface area contributed by atoms with Crippen molar-refractivity contribution in [3.8, 4) is 11.3 Å². The van der Waals surface area contributed by atoms with Crippen molar-refractivity contribution in [1.82, 2.24) is 15.3 Å². The number of nitrogens with two attached hydrogens (primary N) is 1. The van der Waals surface area contributed by atoms with Crippen LogP contribution in [0.3, 0.4) is 0 Å². The van der Waals surface area contributed by atoms with E-state index in [2.05, 4.69) is 15.3 Å². The van der Waals surface area contributed by atoms with Gasteiger partial charge in [-0.15, -0.1) is 0 Å². The largest absolute Gasteiger partial charge is 0.382 e. The molecule has 0 bridgehead atoms. The Kier molecular flexibility index (Phi) is 5.05. The van der Waals surface area contributed by atoms with Gasteiger partial charge in [0.1, 0.15) is 0 Å². The zero-order chi connectivity index (χ0) is 17.0. The number of rotatable bonds is 5. The molecule has 0 fully saturated rings. The van der Waals surface area contributed by atoms with Crippen LogP contribution >= 0.6 is 0 Å². The molecule has 3 N–H and O–H groups in total. The molecule has 0 saturated carbocycles. The van der Waals surface area contributed by atoms with Crippen molar-refractivity contribution in [2.45, 2.75) is 33.2 Å². The molecule has 23 heavy (non-hydrogen) atoms. The van der Waals surface area contributed by atoms with Crippen molar-refractivity contribution in [2.75, 3.05) is 5.73 Å². The lowest BCUT2D eigenvalue weighted by Crippen LogP contribution is -2.33. The van der Waals surface area contributed by atoms with Crippen molar-refractivity contribution >= 4 is 17.5 Å². The van der Waals surface area contributed by atoms with E-state index < -0.39 is 0 Å². The lowest BCUT2D eigenvalue weighted by atomic mass is 10.1. The number of carbonyl (C=O) groups is 2. The van der Waals surface area contributed by atoms with Gasteiger partial charge in [-0.05, 0) is 20.3 Å². The molecule has 120 valence electrons. The van der Waals surface area contributed by atoms with Crippen molar-refractivity contribution in [2.24, 2.45) is 0 Å². The van der Waals surface area contributed by atoms with Gasteiger partial charge in [0.25, 0.3) is 5.91 Å². The standard InChI is InChI=1S/C17H20N4O2/c1-4-10(2)20-17(23)15-16(18)19-9-14(21-15)13-7-5-12(6-8-13)11(3)22/h5-10H,4H2,1-3H3,(H2,18,19)(H,20,23). The van der Waals surface area contributed by atoms with Crippen molar-refractivity contribution in [3.05, 3.63) is 41.7 Å². The van der Waals surface area contributed by atoms with Crippen LogP contribution in [0, 0.1) is 0 Å². The third-order valence-corrected chi connectivity index (χ3v) is 3.59. The Morgan fingerprint density at radius 1 is 1.26 bits per heavy atom. The minimum Gasteiger partial charge on any atom is -0.382 e. The minimum atomic E-state index is -0.341. The topological polar surface area (TPSA) is 98.0 Å². The Bertz CT molecular complexity index is 726. The van der Waals surface area contributed by atoms with E-state index in [9.17, 15) is 9.59 Å². The van der Waals surface area contributed by atoms with Gasteiger partial charge in [0, 0.05) is 17.2 Å². The summed E-state index contributed by atoms with van der Waals surface area (Å²) in [4.78, 5) is 31.9. The molecule has 0 aliphatic heterocycles. The number of nitrogens with zero attached hydrogens (tertiary/aromatic N) is 2. The number of nitrogen functional groups attached to an aromatic ring is 1. The molecular weight excluding hydrogens is 292 g/mol. The van der Waals surface area contributed by atoms with Gasteiger partial charge >= 0.3 is 0 Å². The van der Waals surface area contributed by atoms with Gasteiger partial charge < -0.3 is 11.1 Å². The Morgan fingerprint density at radius 2 is 1.91 bits per heavy atom. The first-order valence-corrected chi connectivity index (χ1v) is 7.47. The molecule has 1 aromatic carbocycles. The van der Waals surface area contributed by atoms with E-state index in [1.165, 1.54) is 13.1 Å². The summed E-state index contributed by atoms with van der Waals surface area (Å²) < 4.78 is 0. The molecule has 0 aliphatic rings. The molecule has 1 unspecified atom stereocenters. The Morgan fingerprint density at radius 3 is 2.48 bits per heavy atom. The Balaban J connectivity index is 2.32. The van der Waals surface area contributed by atoms with E-state index in [4.69, 9.17) is 5.73 Å². The highest BCUT2D eigenvalue weighted by Crippen LogP contribution is 2.19. The smallest absolute Gasteiger partial charge is 0.273 e. The van der Waals surface area contributed by atoms with E-state index in [1.54, 1.807) is 24.3 Å². The quantitative estimate of drug-likeness (QED) is 0.826. The summed E-state index contributed by atoms with van der Waals surface area (Å²) in [5, 5.41) is 2.82. The van der Waals surface area contributed by atoms with Crippen molar-refractivity contribution in [1.29, 1.82) is 0 Å². The van der Waals surface area contributed by atoms with Gasteiger partial charge in [0.05, 0.1) is 11.9 Å². The summed E-state index contributed by atoms with van der Waals surface area (Å²) in [6.07, 6.45) is 2.32. The molecular formula is C17H20N4O2. The molecule has 2 rings (SSSR count).